The summed E-state index contributed by atoms with van der Waals surface area (Å²) in [6.07, 6.45) is -0.757. The van der Waals surface area contributed by atoms with Crippen LogP contribution in [-0.4, -0.2) is 40.6 Å². The Morgan fingerprint density at radius 3 is 2.48 bits per heavy atom. The quantitative estimate of drug-likeness (QED) is 0.241. The first-order valence-corrected chi connectivity index (χ1v) is 11.0. The molecular formula is C10H20N3O4PS3. The summed E-state index contributed by atoms with van der Waals surface area (Å²) in [5, 5.41) is 8.05. The summed E-state index contributed by atoms with van der Waals surface area (Å²) in [5.74, 6) is 0. The van der Waals surface area contributed by atoms with Crippen LogP contribution in [0.3, 0.4) is 0 Å². The van der Waals surface area contributed by atoms with Crippen LogP contribution in [-0.2, 0) is 25.6 Å². The van der Waals surface area contributed by atoms with E-state index in [-0.39, 0.29) is 11.1 Å². The van der Waals surface area contributed by atoms with Crippen molar-refractivity contribution in [2.45, 2.75) is 39.3 Å². The van der Waals surface area contributed by atoms with Gasteiger partial charge >= 0.3 is 6.09 Å². The van der Waals surface area contributed by atoms with E-state index < -0.39 is 18.8 Å². The van der Waals surface area contributed by atoms with Crippen LogP contribution in [0.25, 0.3) is 0 Å². The maximum atomic E-state index is 10.7. The van der Waals surface area contributed by atoms with E-state index in [1.165, 1.54) is 11.0 Å². The van der Waals surface area contributed by atoms with Crippen molar-refractivity contribution in [3.05, 3.63) is 0 Å². The molecule has 7 nitrogen and oxygen atoms in total. The van der Waals surface area contributed by atoms with Gasteiger partial charge in [-0.3, -0.25) is 5.41 Å². The second-order valence-electron chi connectivity index (χ2n) is 4.49. The van der Waals surface area contributed by atoms with E-state index in [9.17, 15) is 4.79 Å². The highest BCUT2D eigenvalue weighted by atomic mass is 33.1. The van der Waals surface area contributed by atoms with E-state index in [0.29, 0.717) is 13.2 Å². The Hall–Kier alpha value is 0.170. The molecule has 1 aliphatic heterocycles. The molecular weight excluding hydrogens is 353 g/mol. The highest BCUT2D eigenvalue weighted by Crippen LogP contribution is 2.60. The van der Waals surface area contributed by atoms with Gasteiger partial charge in [0.05, 0.1) is 13.2 Å². The van der Waals surface area contributed by atoms with E-state index in [0.717, 1.165) is 17.2 Å². The zero-order valence-corrected chi connectivity index (χ0v) is 15.4. The molecule has 1 rings (SSSR count). The topological polar surface area (TPSA) is 97.9 Å². The molecule has 1 atom stereocenters. The van der Waals surface area contributed by atoms with Crippen LogP contribution in [0.15, 0.2) is 0 Å². The maximum absolute atomic E-state index is 10.7. The van der Waals surface area contributed by atoms with Crippen molar-refractivity contribution in [2.75, 3.05) is 13.2 Å². The number of carbonyl (C=O) groups excluding carboxylic acids is 1. The molecule has 122 valence electrons. The highest BCUT2D eigenvalue weighted by molar-refractivity contribution is 8.82. The molecule has 11 heteroatoms. The van der Waals surface area contributed by atoms with E-state index in [1.807, 2.05) is 17.9 Å². The summed E-state index contributed by atoms with van der Waals surface area (Å²) in [6.45, 7) is 4.22. The van der Waals surface area contributed by atoms with Crippen LogP contribution in [0.4, 0.5) is 4.79 Å². The lowest BCUT2D eigenvalue weighted by molar-refractivity contribution is 0.145. The van der Waals surface area contributed by atoms with Crippen LogP contribution in [0, 0.1) is 5.41 Å². The van der Waals surface area contributed by atoms with Gasteiger partial charge in [-0.05, 0) is 49.8 Å². The molecule has 3 N–H and O–H groups in total. The van der Waals surface area contributed by atoms with Crippen molar-refractivity contribution in [1.82, 2.24) is 4.08 Å². The van der Waals surface area contributed by atoms with Crippen molar-refractivity contribution < 1.29 is 18.6 Å². The summed E-state index contributed by atoms with van der Waals surface area (Å²) >= 11 is 5.52. The number of nitrogens with one attached hydrogen (secondary N) is 1. The average molecular weight is 373 g/mol. The second-order valence-corrected chi connectivity index (χ2v) is 10.1. The molecule has 0 aliphatic carbocycles. The van der Waals surface area contributed by atoms with Crippen molar-refractivity contribution >= 4 is 51.4 Å². The average Bonchev–Trinajstić information content (AvgIpc) is 2.38. The van der Waals surface area contributed by atoms with Crippen molar-refractivity contribution in [1.29, 1.82) is 5.41 Å². The number of nitrogens with two attached hydrogens (primary N) is 1. The van der Waals surface area contributed by atoms with Gasteiger partial charge in [-0.15, -0.1) is 0 Å². The van der Waals surface area contributed by atoms with Crippen LogP contribution in [0.1, 0.15) is 27.2 Å². The van der Waals surface area contributed by atoms with Gasteiger partial charge in [-0.25, -0.2) is 4.79 Å². The summed E-state index contributed by atoms with van der Waals surface area (Å²) < 4.78 is 18.0. The summed E-state index contributed by atoms with van der Waals surface area (Å²) in [4.78, 5) is 10.7. The van der Waals surface area contributed by atoms with E-state index >= 15 is 0 Å². The van der Waals surface area contributed by atoms with Gasteiger partial charge in [0.2, 0.25) is 0 Å². The SMILES string of the molecule is CC(OC(N)=O)C(=N)SSN(C(C)C)P1(=S)OCCCO1. The number of ether oxygens (including phenoxy) is 1. The highest BCUT2D eigenvalue weighted by Gasteiger charge is 2.34. The van der Waals surface area contributed by atoms with Gasteiger partial charge < -0.3 is 19.5 Å². The van der Waals surface area contributed by atoms with Gasteiger partial charge in [0.1, 0.15) is 11.1 Å². The monoisotopic (exact) mass is 373 g/mol. The molecule has 0 saturated carbocycles. The predicted molar refractivity (Wildman–Crippen MR) is 90.8 cm³/mol. The predicted octanol–water partition coefficient (Wildman–Crippen LogP) is 3.12. The van der Waals surface area contributed by atoms with Gasteiger partial charge in [0, 0.05) is 17.0 Å². The van der Waals surface area contributed by atoms with Crippen LogP contribution < -0.4 is 5.73 Å². The van der Waals surface area contributed by atoms with Crippen LogP contribution >= 0.6 is 28.4 Å². The first-order chi connectivity index (χ1) is 9.76. The van der Waals surface area contributed by atoms with Crippen LogP contribution in [0.5, 0.6) is 0 Å². The molecule has 0 aromatic rings. The minimum Gasteiger partial charge on any atom is -0.440 e. The molecule has 1 amide bonds. The Labute approximate surface area is 137 Å². The number of primary amides is 1. The molecule has 0 bridgehead atoms. The molecule has 0 spiro atoms. The fourth-order valence-electron chi connectivity index (χ4n) is 1.35. The normalized spacial score (nSPS) is 19.5. The smallest absolute Gasteiger partial charge is 0.405 e. The van der Waals surface area contributed by atoms with Gasteiger partial charge in [0.15, 0.2) is 0 Å². The Morgan fingerprint density at radius 2 is 2.00 bits per heavy atom. The first kappa shape index (κ1) is 19.2. The third-order valence-corrected chi connectivity index (χ3v) is 9.40. The molecule has 0 aromatic heterocycles. The van der Waals surface area contributed by atoms with Crippen LogP contribution in [0.2, 0.25) is 0 Å². The van der Waals surface area contributed by atoms with Gasteiger partial charge in [-0.1, -0.05) is 0 Å². The number of rotatable bonds is 6. The number of hydrogen-bond acceptors (Lipinski definition) is 8. The van der Waals surface area contributed by atoms with E-state index in [4.69, 9.17) is 36.7 Å². The van der Waals surface area contributed by atoms with E-state index in [1.54, 1.807) is 6.92 Å². The Bertz CT molecular complexity index is 428. The number of hydrogen-bond donors (Lipinski definition) is 2. The van der Waals surface area contributed by atoms with Gasteiger partial charge in [0.25, 0.3) is 6.64 Å². The lowest BCUT2D eigenvalue weighted by Crippen LogP contribution is -2.27. The van der Waals surface area contributed by atoms with Crippen molar-refractivity contribution in [3.63, 3.8) is 0 Å². The second kappa shape index (κ2) is 8.71. The maximum Gasteiger partial charge on any atom is 0.405 e. The third kappa shape index (κ3) is 6.05. The minimum atomic E-state index is -2.51. The molecule has 1 saturated heterocycles. The Kier molecular flexibility index (Phi) is 7.97. The van der Waals surface area contributed by atoms with E-state index in [2.05, 4.69) is 0 Å². The molecule has 1 aliphatic rings. The number of amides is 1. The molecule has 0 aromatic carbocycles. The Morgan fingerprint density at radius 1 is 1.43 bits per heavy atom. The minimum absolute atomic E-state index is 0.0894. The molecule has 0 radical (unpaired) electrons. The zero-order chi connectivity index (χ0) is 16.0. The summed E-state index contributed by atoms with van der Waals surface area (Å²) in [7, 11) is 2.44. The fraction of sp³-hybridized carbons (Fsp3) is 0.800. The number of nitrogens with zero attached hydrogens (tertiary/aromatic N) is 1. The third-order valence-electron chi connectivity index (χ3n) is 2.35. The fourth-order valence-corrected chi connectivity index (χ4v) is 8.24. The summed E-state index contributed by atoms with van der Waals surface area (Å²) in [6, 6.07) is 0.0894. The lowest BCUT2D eigenvalue weighted by Gasteiger charge is -2.36. The lowest BCUT2D eigenvalue weighted by atomic mass is 10.4. The standard InChI is InChI=1S/C10H20N3O4PS3/c1-7(2)13(18(19)15-5-4-6-16-18)21-20-9(11)8(3)17-10(12)14/h7-8,11H,4-6H2,1-3H3,(H2,12,14). The molecule has 1 unspecified atom stereocenters. The molecule has 21 heavy (non-hydrogen) atoms. The molecule has 1 heterocycles. The van der Waals surface area contributed by atoms with Crippen molar-refractivity contribution in [3.8, 4) is 0 Å². The Balaban J connectivity index is 2.61. The first-order valence-electron chi connectivity index (χ1n) is 6.34. The number of carbonyl (C=O) groups is 1. The van der Waals surface area contributed by atoms with Gasteiger partial charge in [-0.2, -0.15) is 4.08 Å². The largest absolute Gasteiger partial charge is 0.440 e. The zero-order valence-electron chi connectivity index (χ0n) is 12.1. The molecule has 1 fully saturated rings. The summed E-state index contributed by atoms with van der Waals surface area (Å²) in [5.41, 5.74) is 4.94. The van der Waals surface area contributed by atoms with Crippen molar-refractivity contribution in [2.24, 2.45) is 5.73 Å².